The third-order valence-corrected chi connectivity index (χ3v) is 5.05. The fourth-order valence-corrected chi connectivity index (χ4v) is 3.35. The number of aliphatic imine (C=N–C) groups is 1. The maximum atomic E-state index is 5.62. The third-order valence-electron chi connectivity index (χ3n) is 3.96. The molecule has 2 aliphatic rings. The molecule has 2 rings (SSSR count). The molecule has 2 N–H and O–H groups in total. The second-order valence-electron chi connectivity index (χ2n) is 5.79. The van der Waals surface area contributed by atoms with Gasteiger partial charge in [-0.2, -0.15) is 11.8 Å². The van der Waals surface area contributed by atoms with Crippen LogP contribution in [0, 0.1) is 5.92 Å². The summed E-state index contributed by atoms with van der Waals surface area (Å²) in [5.41, 5.74) is 0. The zero-order valence-electron chi connectivity index (χ0n) is 13.3. The van der Waals surface area contributed by atoms with E-state index in [9.17, 15) is 0 Å². The van der Waals surface area contributed by atoms with Crippen molar-refractivity contribution in [3.63, 3.8) is 0 Å². The van der Waals surface area contributed by atoms with Gasteiger partial charge in [-0.25, -0.2) is 0 Å². The minimum absolute atomic E-state index is 0. The number of nitrogens with zero attached hydrogens (tertiary/aromatic N) is 1. The van der Waals surface area contributed by atoms with Crippen LogP contribution in [-0.2, 0) is 4.74 Å². The van der Waals surface area contributed by atoms with Crippen LogP contribution in [0.25, 0.3) is 0 Å². The average molecular weight is 427 g/mol. The Morgan fingerprint density at radius 1 is 1.29 bits per heavy atom. The Balaban J connectivity index is 0.00000220. The van der Waals surface area contributed by atoms with Crippen LogP contribution in [0.5, 0.6) is 0 Å². The molecule has 0 aliphatic heterocycles. The number of guanidine groups is 1. The lowest BCUT2D eigenvalue weighted by Crippen LogP contribution is -2.42. The molecule has 0 spiro atoms. The number of thioether (sulfide) groups is 1. The molecule has 2 aliphatic carbocycles. The van der Waals surface area contributed by atoms with Crippen LogP contribution in [0.4, 0.5) is 0 Å². The van der Waals surface area contributed by atoms with E-state index in [-0.39, 0.29) is 24.0 Å². The normalized spacial score (nSPS) is 25.5. The van der Waals surface area contributed by atoms with Gasteiger partial charge in [0.25, 0.3) is 0 Å². The standard InChI is InChI=1S/C15H29N3OS.HI/c1-3-16-15(17-8-9-19-11-12-4-5-12)18-13-6-7-14(10-13)20-2;/h12-14H,3-11H2,1-2H3,(H2,16,17,18);1H. The lowest BCUT2D eigenvalue weighted by molar-refractivity contribution is 0.131. The second kappa shape index (κ2) is 10.9. The van der Waals surface area contributed by atoms with Crippen LogP contribution < -0.4 is 10.6 Å². The molecule has 124 valence electrons. The summed E-state index contributed by atoms with van der Waals surface area (Å²) >= 11 is 1.99. The van der Waals surface area contributed by atoms with Gasteiger partial charge in [0.15, 0.2) is 5.96 Å². The van der Waals surface area contributed by atoms with Crippen molar-refractivity contribution in [2.24, 2.45) is 10.9 Å². The van der Waals surface area contributed by atoms with Crippen molar-refractivity contribution in [1.82, 2.24) is 10.6 Å². The number of nitrogens with one attached hydrogen (secondary N) is 2. The Bertz CT molecular complexity index is 313. The molecule has 0 aromatic heterocycles. The number of ether oxygens (including phenoxy) is 1. The predicted molar refractivity (Wildman–Crippen MR) is 103 cm³/mol. The molecule has 2 saturated carbocycles. The smallest absolute Gasteiger partial charge is 0.191 e. The van der Waals surface area contributed by atoms with E-state index in [1.54, 1.807) is 0 Å². The first-order valence-corrected chi connectivity index (χ1v) is 9.26. The summed E-state index contributed by atoms with van der Waals surface area (Å²) in [6.45, 7) is 5.44. The molecule has 0 bridgehead atoms. The summed E-state index contributed by atoms with van der Waals surface area (Å²) in [6.07, 6.45) is 8.75. The van der Waals surface area contributed by atoms with Gasteiger partial charge in [0.05, 0.1) is 13.2 Å². The summed E-state index contributed by atoms with van der Waals surface area (Å²) < 4.78 is 5.62. The molecule has 0 amide bonds. The Morgan fingerprint density at radius 3 is 2.71 bits per heavy atom. The minimum atomic E-state index is 0. The minimum Gasteiger partial charge on any atom is -0.379 e. The second-order valence-corrected chi connectivity index (χ2v) is 6.93. The first-order chi connectivity index (χ1) is 9.81. The molecule has 0 aromatic carbocycles. The molecule has 4 nitrogen and oxygen atoms in total. The average Bonchev–Trinajstić information content (AvgIpc) is 3.16. The predicted octanol–water partition coefficient (Wildman–Crippen LogP) is 2.87. The Morgan fingerprint density at radius 2 is 2.10 bits per heavy atom. The van der Waals surface area contributed by atoms with Crippen LogP contribution in [0.3, 0.4) is 0 Å². The van der Waals surface area contributed by atoms with E-state index in [4.69, 9.17) is 4.74 Å². The van der Waals surface area contributed by atoms with Crippen LogP contribution >= 0.6 is 35.7 Å². The van der Waals surface area contributed by atoms with E-state index in [2.05, 4.69) is 28.8 Å². The van der Waals surface area contributed by atoms with E-state index in [0.717, 1.165) is 43.4 Å². The maximum absolute atomic E-state index is 5.62. The lowest BCUT2D eigenvalue weighted by atomic mass is 10.2. The third kappa shape index (κ3) is 7.93. The molecule has 21 heavy (non-hydrogen) atoms. The monoisotopic (exact) mass is 427 g/mol. The summed E-state index contributed by atoms with van der Waals surface area (Å²) in [5, 5.41) is 7.71. The molecule has 0 heterocycles. The van der Waals surface area contributed by atoms with Crippen molar-refractivity contribution in [2.75, 3.05) is 32.6 Å². The van der Waals surface area contributed by atoms with E-state index in [1.807, 2.05) is 11.8 Å². The fraction of sp³-hybridized carbons (Fsp3) is 0.933. The van der Waals surface area contributed by atoms with Gasteiger partial charge in [-0.1, -0.05) is 0 Å². The summed E-state index contributed by atoms with van der Waals surface area (Å²) in [6, 6.07) is 0.581. The van der Waals surface area contributed by atoms with Crippen molar-refractivity contribution in [3.05, 3.63) is 0 Å². The van der Waals surface area contributed by atoms with Gasteiger partial charge in [0.2, 0.25) is 0 Å². The van der Waals surface area contributed by atoms with Crippen molar-refractivity contribution < 1.29 is 4.74 Å². The molecule has 6 heteroatoms. The van der Waals surface area contributed by atoms with Crippen LogP contribution in [0.2, 0.25) is 0 Å². The van der Waals surface area contributed by atoms with Crippen molar-refractivity contribution >= 4 is 41.7 Å². The van der Waals surface area contributed by atoms with Crippen molar-refractivity contribution in [3.8, 4) is 0 Å². The first kappa shape index (κ1) is 19.4. The summed E-state index contributed by atoms with van der Waals surface area (Å²) in [7, 11) is 0. The van der Waals surface area contributed by atoms with E-state index in [1.165, 1.54) is 32.1 Å². The Labute approximate surface area is 150 Å². The lowest BCUT2D eigenvalue weighted by Gasteiger charge is -2.17. The zero-order valence-corrected chi connectivity index (χ0v) is 16.4. The fourth-order valence-electron chi connectivity index (χ4n) is 2.56. The molecule has 0 aromatic rings. The van der Waals surface area contributed by atoms with Gasteiger partial charge < -0.3 is 15.4 Å². The molecule has 2 atom stereocenters. The molecule has 0 radical (unpaired) electrons. The molecule has 2 unspecified atom stereocenters. The highest BCUT2D eigenvalue weighted by atomic mass is 127. The van der Waals surface area contributed by atoms with Gasteiger partial charge in [-0.05, 0) is 51.2 Å². The highest BCUT2D eigenvalue weighted by Gasteiger charge is 2.24. The van der Waals surface area contributed by atoms with E-state index < -0.39 is 0 Å². The van der Waals surface area contributed by atoms with E-state index in [0.29, 0.717) is 6.04 Å². The van der Waals surface area contributed by atoms with Crippen LogP contribution in [0.15, 0.2) is 4.99 Å². The molecule has 0 saturated heterocycles. The van der Waals surface area contributed by atoms with Gasteiger partial charge in [-0.15, -0.1) is 24.0 Å². The topological polar surface area (TPSA) is 45.7 Å². The van der Waals surface area contributed by atoms with Gasteiger partial charge in [-0.3, -0.25) is 4.99 Å². The number of hydrogen-bond acceptors (Lipinski definition) is 3. The van der Waals surface area contributed by atoms with Crippen molar-refractivity contribution in [1.29, 1.82) is 0 Å². The summed E-state index contributed by atoms with van der Waals surface area (Å²) in [4.78, 5) is 4.61. The van der Waals surface area contributed by atoms with Gasteiger partial charge >= 0.3 is 0 Å². The molecular formula is C15H30IN3OS. The number of rotatable bonds is 8. The highest BCUT2D eigenvalue weighted by molar-refractivity contribution is 14.0. The van der Waals surface area contributed by atoms with Crippen LogP contribution in [-0.4, -0.2) is 49.8 Å². The highest BCUT2D eigenvalue weighted by Crippen LogP contribution is 2.29. The Hall–Kier alpha value is 0.310. The summed E-state index contributed by atoms with van der Waals surface area (Å²) in [5.74, 6) is 1.79. The van der Waals surface area contributed by atoms with Crippen molar-refractivity contribution in [2.45, 2.75) is 50.3 Å². The van der Waals surface area contributed by atoms with Crippen LogP contribution in [0.1, 0.15) is 39.0 Å². The largest absolute Gasteiger partial charge is 0.379 e. The first-order valence-electron chi connectivity index (χ1n) is 7.97. The molecule has 2 fully saturated rings. The quantitative estimate of drug-likeness (QED) is 0.271. The van der Waals surface area contributed by atoms with E-state index >= 15 is 0 Å². The SMILES string of the molecule is CCNC(=NCCOCC1CC1)NC1CCC(SC)C1.I. The maximum Gasteiger partial charge on any atom is 0.191 e. The number of halogens is 1. The molecular weight excluding hydrogens is 397 g/mol. The van der Waals surface area contributed by atoms with Gasteiger partial charge in [0, 0.05) is 24.4 Å². The number of hydrogen-bond donors (Lipinski definition) is 2. The van der Waals surface area contributed by atoms with Gasteiger partial charge in [0.1, 0.15) is 0 Å². The Kier molecular flexibility index (Phi) is 10.1. The zero-order chi connectivity index (χ0) is 14.2.